The molecule has 2 aromatic carbocycles. The first-order chi connectivity index (χ1) is 27.8. The van der Waals surface area contributed by atoms with E-state index >= 15 is 0 Å². The lowest BCUT2D eigenvalue weighted by Crippen LogP contribution is -2.58. The van der Waals surface area contributed by atoms with Crippen LogP contribution in [0.25, 0.3) is 22.1 Å². The van der Waals surface area contributed by atoms with Gasteiger partial charge in [-0.05, 0) is 127 Å². The van der Waals surface area contributed by atoms with Gasteiger partial charge >= 0.3 is 11.9 Å². The number of rotatable bonds is 7. The molecule has 1 aromatic heterocycles. The van der Waals surface area contributed by atoms with Gasteiger partial charge in [-0.2, -0.15) is 0 Å². The third kappa shape index (κ3) is 6.91. The maximum Gasteiger partial charge on any atom is 0.311 e. The van der Waals surface area contributed by atoms with E-state index in [1.807, 2.05) is 7.11 Å². The van der Waals surface area contributed by atoms with Crippen LogP contribution >= 0.6 is 0 Å². The number of hydrogen-bond donors (Lipinski definition) is 2. The first-order valence-electron chi connectivity index (χ1n) is 22.0. The highest BCUT2D eigenvalue weighted by Crippen LogP contribution is 2.70. The first kappa shape index (κ1) is 41.6. The maximum absolute atomic E-state index is 13.4. The Balaban J connectivity index is 0.903. The van der Waals surface area contributed by atoms with Crippen LogP contribution in [0.2, 0.25) is 0 Å². The number of methoxy groups -OCH3 is 1. The van der Waals surface area contributed by atoms with Gasteiger partial charge in [-0.25, -0.2) is 0 Å². The molecule has 0 aliphatic heterocycles. The van der Waals surface area contributed by atoms with Crippen LogP contribution in [0.5, 0.6) is 17.2 Å². The summed E-state index contributed by atoms with van der Waals surface area (Å²) in [4.78, 5) is 39.5. The first-order valence-corrected chi connectivity index (χ1v) is 22.0. The van der Waals surface area contributed by atoms with E-state index in [0.717, 1.165) is 25.7 Å². The van der Waals surface area contributed by atoms with Gasteiger partial charge < -0.3 is 28.8 Å². The second-order valence-corrected chi connectivity index (χ2v) is 20.9. The average molecular weight is 809 g/mol. The number of carbonyl (C=O) groups is 2. The molecule has 1 heterocycles. The summed E-state index contributed by atoms with van der Waals surface area (Å²) < 4.78 is 23.5. The van der Waals surface area contributed by atoms with Crippen LogP contribution < -0.4 is 10.2 Å². The van der Waals surface area contributed by atoms with E-state index in [-0.39, 0.29) is 63.2 Å². The Bertz CT molecular complexity index is 2210. The zero-order valence-electron chi connectivity index (χ0n) is 36.3. The van der Waals surface area contributed by atoms with Crippen LogP contribution in [-0.2, 0) is 19.1 Å². The van der Waals surface area contributed by atoms with Crippen molar-refractivity contribution >= 4 is 22.9 Å². The molecule has 8 rings (SSSR count). The van der Waals surface area contributed by atoms with Gasteiger partial charge in [0.05, 0.1) is 24.5 Å². The molecule has 2 N–H and O–H groups in total. The standard InChI is InChI=1S/C50H64O9/c1-46(2)38-19-22-48(5)27-30-11-15-37-47(3,4)41(21-23-49(37,6)34(30)14-16-39(48)50(38,7)24-20-40(46)56-8)59-43(54)18-17-42(53)58-32-25-35(52)44-36(26-32)57-28-33(45(44)55)29-9-12-31(51)13-10-29/h9-13,25-26,28,34,37-41,51-52H,14-24,27H2,1-8H3/t34-,37-,38-,39-,40+,41+,48-,49+,50-/m0/s1. The van der Waals surface area contributed by atoms with Crippen molar-refractivity contribution in [2.45, 2.75) is 138 Å². The van der Waals surface area contributed by atoms with Crippen molar-refractivity contribution in [1.29, 1.82) is 0 Å². The summed E-state index contributed by atoms with van der Waals surface area (Å²) in [6.45, 7) is 17.3. The number of aromatic hydroxyl groups is 2. The van der Waals surface area contributed by atoms with Crippen LogP contribution in [0.4, 0.5) is 0 Å². The molecule has 0 radical (unpaired) electrons. The molecule has 9 atom stereocenters. The lowest BCUT2D eigenvalue weighted by Gasteiger charge is -2.64. The molecule has 3 aromatic rings. The zero-order chi connectivity index (χ0) is 42.3. The predicted octanol–water partition coefficient (Wildman–Crippen LogP) is 10.9. The molecular formula is C50H64O9. The molecule has 5 aliphatic rings. The second kappa shape index (κ2) is 14.8. The molecule has 59 heavy (non-hydrogen) atoms. The van der Waals surface area contributed by atoms with E-state index < -0.39 is 23.1 Å². The fourth-order valence-electron chi connectivity index (χ4n) is 14.3. The van der Waals surface area contributed by atoms with Gasteiger partial charge in [0.1, 0.15) is 40.6 Å². The van der Waals surface area contributed by atoms with Gasteiger partial charge in [0, 0.05) is 24.7 Å². The van der Waals surface area contributed by atoms with Crippen LogP contribution in [0.15, 0.2) is 63.5 Å². The van der Waals surface area contributed by atoms with E-state index in [4.69, 9.17) is 18.6 Å². The lowest BCUT2D eigenvalue weighted by molar-refractivity contribution is -0.178. The van der Waals surface area contributed by atoms with Crippen molar-refractivity contribution in [3.63, 3.8) is 0 Å². The molecule has 318 valence electrons. The number of esters is 2. The van der Waals surface area contributed by atoms with Crippen LogP contribution in [0.1, 0.15) is 126 Å². The zero-order valence-corrected chi connectivity index (χ0v) is 36.3. The Labute approximate surface area is 348 Å². The summed E-state index contributed by atoms with van der Waals surface area (Å²) in [5, 5.41) is 20.3. The number of allylic oxidation sites excluding steroid dienone is 2. The van der Waals surface area contributed by atoms with Crippen molar-refractivity contribution in [3.05, 3.63) is 64.5 Å². The van der Waals surface area contributed by atoms with E-state index in [9.17, 15) is 24.6 Å². The quantitative estimate of drug-likeness (QED) is 0.136. The number of carbonyl (C=O) groups excluding carboxylic acids is 2. The van der Waals surface area contributed by atoms with Crippen LogP contribution in [-0.4, -0.2) is 41.5 Å². The molecule has 0 bridgehead atoms. The molecule has 0 unspecified atom stereocenters. The molecular weight excluding hydrogens is 745 g/mol. The fourth-order valence-corrected chi connectivity index (χ4v) is 14.3. The monoisotopic (exact) mass is 808 g/mol. The molecule has 0 saturated heterocycles. The van der Waals surface area contributed by atoms with E-state index in [0.29, 0.717) is 46.2 Å². The van der Waals surface area contributed by atoms with Gasteiger partial charge in [-0.3, -0.25) is 14.4 Å². The topological polar surface area (TPSA) is 132 Å². The van der Waals surface area contributed by atoms with Crippen molar-refractivity contribution in [1.82, 2.24) is 0 Å². The highest BCUT2D eigenvalue weighted by atomic mass is 16.5. The normalized spacial score (nSPS) is 34.5. The molecule has 9 nitrogen and oxygen atoms in total. The van der Waals surface area contributed by atoms with Crippen molar-refractivity contribution in [3.8, 4) is 28.4 Å². The molecule has 0 amide bonds. The Hall–Kier alpha value is -4.11. The van der Waals surface area contributed by atoms with Gasteiger partial charge in [-0.1, -0.05) is 72.2 Å². The summed E-state index contributed by atoms with van der Waals surface area (Å²) in [6, 6.07) is 8.61. The minimum Gasteiger partial charge on any atom is -0.508 e. The third-order valence-electron chi connectivity index (χ3n) is 17.1. The smallest absolute Gasteiger partial charge is 0.311 e. The highest BCUT2D eigenvalue weighted by Gasteiger charge is 2.63. The molecule has 0 spiro atoms. The average Bonchev–Trinajstić information content (AvgIpc) is 3.33. The number of ether oxygens (including phenoxy) is 3. The summed E-state index contributed by atoms with van der Waals surface area (Å²) in [5.74, 6) is 0.814. The minimum atomic E-state index is -0.665. The number of benzene rings is 2. The van der Waals surface area contributed by atoms with Crippen molar-refractivity contribution in [2.24, 2.45) is 50.7 Å². The Morgan fingerprint density at radius 1 is 0.780 bits per heavy atom. The molecule has 5 aliphatic carbocycles. The van der Waals surface area contributed by atoms with Gasteiger partial charge in [0.2, 0.25) is 5.43 Å². The third-order valence-corrected chi connectivity index (χ3v) is 17.1. The number of phenols is 2. The number of fused-ring (bicyclic) bond motifs is 7. The Morgan fingerprint density at radius 3 is 2.19 bits per heavy atom. The summed E-state index contributed by atoms with van der Waals surface area (Å²) in [5.41, 5.74) is 2.64. The predicted molar refractivity (Wildman–Crippen MR) is 227 cm³/mol. The minimum absolute atomic E-state index is 0.00526. The van der Waals surface area contributed by atoms with E-state index in [2.05, 4.69) is 54.5 Å². The maximum atomic E-state index is 13.4. The van der Waals surface area contributed by atoms with E-state index in [1.54, 1.807) is 17.7 Å². The molecule has 4 fully saturated rings. The van der Waals surface area contributed by atoms with Crippen LogP contribution in [0, 0.1) is 50.7 Å². The number of hydrogen-bond acceptors (Lipinski definition) is 9. The van der Waals surface area contributed by atoms with E-state index in [1.165, 1.54) is 69.1 Å². The second-order valence-electron chi connectivity index (χ2n) is 20.9. The summed E-state index contributed by atoms with van der Waals surface area (Å²) >= 11 is 0. The Morgan fingerprint density at radius 2 is 1.46 bits per heavy atom. The highest BCUT2D eigenvalue weighted by molar-refractivity contribution is 5.89. The summed E-state index contributed by atoms with van der Waals surface area (Å²) in [7, 11) is 1.90. The van der Waals surface area contributed by atoms with Crippen LogP contribution in [0.3, 0.4) is 0 Å². The van der Waals surface area contributed by atoms with Gasteiger partial charge in [0.25, 0.3) is 0 Å². The SMILES string of the molecule is CO[C@@H]1CC[C@@]2(C)[C@@H](CC[C@@]3(C)CC4=CC[C@H]5C(C)(C)[C@H](OC(=O)CCC(=O)Oc6cc(O)c7c(=O)c(-c8ccc(O)cc8)coc7c6)CC[C@]5(C)[C@H]4CC[C@@H]32)C1(C)C. The fraction of sp³-hybridized carbons (Fsp3) is 0.620. The largest absolute Gasteiger partial charge is 0.508 e. The Kier molecular flexibility index (Phi) is 10.4. The molecule has 9 heteroatoms. The summed E-state index contributed by atoms with van der Waals surface area (Å²) in [6.07, 6.45) is 15.0. The van der Waals surface area contributed by atoms with Crippen molar-refractivity contribution < 1.29 is 38.4 Å². The lowest BCUT2D eigenvalue weighted by atomic mass is 9.42. The van der Waals surface area contributed by atoms with Gasteiger partial charge in [0.15, 0.2) is 0 Å². The molecule has 4 saturated carbocycles. The number of phenolic OH excluding ortho intramolecular Hbond substituents is 2. The van der Waals surface area contributed by atoms with Gasteiger partial charge in [-0.15, -0.1) is 0 Å². The van der Waals surface area contributed by atoms with Crippen molar-refractivity contribution in [2.75, 3.05) is 7.11 Å².